The summed E-state index contributed by atoms with van der Waals surface area (Å²) in [5.74, 6) is 0. The molecule has 0 aliphatic rings. The number of unbranched alkanes of at least 4 members (excludes halogenated alkanes) is 1. The summed E-state index contributed by atoms with van der Waals surface area (Å²) in [6, 6.07) is 0.0879. The summed E-state index contributed by atoms with van der Waals surface area (Å²) in [6.45, 7) is 4.22. The molecule has 0 spiro atoms. The molecule has 0 aliphatic carbocycles. The van der Waals surface area contributed by atoms with E-state index in [9.17, 15) is 4.91 Å². The van der Waals surface area contributed by atoms with Gasteiger partial charge in [-0.3, -0.25) is 0 Å². The van der Waals surface area contributed by atoms with Crippen LogP contribution in [0.1, 0.15) is 46.0 Å². The summed E-state index contributed by atoms with van der Waals surface area (Å²) in [7, 11) is 0. The van der Waals surface area contributed by atoms with Gasteiger partial charge in [-0.05, 0) is 12.8 Å². The molecular weight excluding hydrogens is 126 g/mol. The molecule has 0 fully saturated rings. The predicted molar refractivity (Wildman–Crippen MR) is 44.0 cm³/mol. The Morgan fingerprint density at radius 2 is 1.90 bits per heavy atom. The quantitative estimate of drug-likeness (QED) is 0.525. The van der Waals surface area contributed by atoms with E-state index in [2.05, 4.69) is 19.0 Å². The van der Waals surface area contributed by atoms with Gasteiger partial charge in [0.2, 0.25) is 0 Å². The molecule has 0 rings (SSSR count). The van der Waals surface area contributed by atoms with Crippen LogP contribution in [0.3, 0.4) is 0 Å². The molecule has 0 aromatic rings. The molecule has 0 bridgehead atoms. The van der Waals surface area contributed by atoms with E-state index in [0.29, 0.717) is 0 Å². The van der Waals surface area contributed by atoms with Gasteiger partial charge in [0, 0.05) is 0 Å². The van der Waals surface area contributed by atoms with E-state index in [4.69, 9.17) is 0 Å². The number of nitroso groups, excluding NO2 is 1. The van der Waals surface area contributed by atoms with Crippen molar-refractivity contribution in [3.05, 3.63) is 4.91 Å². The zero-order valence-corrected chi connectivity index (χ0v) is 6.97. The Hall–Kier alpha value is -0.400. The van der Waals surface area contributed by atoms with Crippen molar-refractivity contribution in [2.75, 3.05) is 0 Å². The standard InChI is InChI=1S/C8H17NO/c1-3-5-7-8(9-10)6-4-2/h8H,3-7H2,1-2H3. The Balaban J connectivity index is 3.29. The maximum absolute atomic E-state index is 10.2. The Labute approximate surface area is 63.0 Å². The van der Waals surface area contributed by atoms with E-state index < -0.39 is 0 Å². The molecule has 10 heavy (non-hydrogen) atoms. The van der Waals surface area contributed by atoms with E-state index in [0.717, 1.165) is 32.1 Å². The topological polar surface area (TPSA) is 29.4 Å². The summed E-state index contributed by atoms with van der Waals surface area (Å²) in [4.78, 5) is 10.2. The van der Waals surface area contributed by atoms with Gasteiger partial charge in [-0.15, -0.1) is 0 Å². The first-order chi connectivity index (χ1) is 4.85. The summed E-state index contributed by atoms with van der Waals surface area (Å²) in [5.41, 5.74) is 0. The van der Waals surface area contributed by atoms with Gasteiger partial charge in [-0.2, -0.15) is 4.91 Å². The molecular formula is C8H17NO. The largest absolute Gasteiger partial charge is 0.151 e. The molecule has 0 saturated carbocycles. The van der Waals surface area contributed by atoms with Crippen LogP contribution in [0.15, 0.2) is 5.18 Å². The van der Waals surface area contributed by atoms with Gasteiger partial charge in [0.05, 0.1) is 6.04 Å². The van der Waals surface area contributed by atoms with Gasteiger partial charge in [0.1, 0.15) is 0 Å². The maximum atomic E-state index is 10.2. The summed E-state index contributed by atoms with van der Waals surface area (Å²) in [6.07, 6.45) is 5.31. The van der Waals surface area contributed by atoms with Crippen molar-refractivity contribution < 1.29 is 0 Å². The zero-order chi connectivity index (χ0) is 7.82. The molecule has 0 amide bonds. The third kappa shape index (κ3) is 4.48. The number of hydrogen-bond acceptors (Lipinski definition) is 2. The SMILES string of the molecule is CCCCC(CCC)N=O. The fourth-order valence-corrected chi connectivity index (χ4v) is 1.02. The molecule has 1 unspecified atom stereocenters. The highest BCUT2D eigenvalue weighted by Crippen LogP contribution is 2.09. The highest BCUT2D eigenvalue weighted by Gasteiger charge is 2.04. The minimum Gasteiger partial charge on any atom is -0.151 e. The van der Waals surface area contributed by atoms with E-state index in [1.165, 1.54) is 0 Å². The molecule has 0 radical (unpaired) electrons. The smallest absolute Gasteiger partial charge is 0.0919 e. The fraction of sp³-hybridized carbons (Fsp3) is 1.00. The van der Waals surface area contributed by atoms with Gasteiger partial charge >= 0.3 is 0 Å². The molecule has 0 aliphatic heterocycles. The normalized spacial score (nSPS) is 13.0. The van der Waals surface area contributed by atoms with Crippen LogP contribution in [0, 0.1) is 4.91 Å². The van der Waals surface area contributed by atoms with Crippen LogP contribution in [-0.4, -0.2) is 6.04 Å². The van der Waals surface area contributed by atoms with Crippen LogP contribution in [0.5, 0.6) is 0 Å². The van der Waals surface area contributed by atoms with Crippen LogP contribution < -0.4 is 0 Å². The van der Waals surface area contributed by atoms with Gasteiger partial charge < -0.3 is 0 Å². The van der Waals surface area contributed by atoms with Gasteiger partial charge in [-0.25, -0.2) is 0 Å². The average molecular weight is 143 g/mol. The van der Waals surface area contributed by atoms with Crippen molar-refractivity contribution >= 4 is 0 Å². The van der Waals surface area contributed by atoms with Crippen molar-refractivity contribution in [2.45, 2.75) is 52.0 Å². The second-order valence-corrected chi connectivity index (χ2v) is 2.69. The van der Waals surface area contributed by atoms with Crippen LogP contribution >= 0.6 is 0 Å². The summed E-state index contributed by atoms with van der Waals surface area (Å²) >= 11 is 0. The number of hydrogen-bond donors (Lipinski definition) is 0. The molecule has 0 aromatic heterocycles. The monoisotopic (exact) mass is 143 g/mol. The van der Waals surface area contributed by atoms with Crippen molar-refractivity contribution in [3.63, 3.8) is 0 Å². The Morgan fingerprint density at radius 3 is 2.30 bits per heavy atom. The summed E-state index contributed by atoms with van der Waals surface area (Å²) in [5, 5.41) is 3.07. The second-order valence-electron chi connectivity index (χ2n) is 2.69. The molecule has 0 aromatic carbocycles. The third-order valence-corrected chi connectivity index (χ3v) is 1.66. The molecule has 0 saturated heterocycles. The molecule has 60 valence electrons. The first kappa shape index (κ1) is 9.60. The summed E-state index contributed by atoms with van der Waals surface area (Å²) < 4.78 is 0. The van der Waals surface area contributed by atoms with Crippen LogP contribution in [-0.2, 0) is 0 Å². The van der Waals surface area contributed by atoms with E-state index in [1.54, 1.807) is 0 Å². The van der Waals surface area contributed by atoms with Crippen molar-refractivity contribution in [1.29, 1.82) is 0 Å². The van der Waals surface area contributed by atoms with Gasteiger partial charge in [0.25, 0.3) is 0 Å². The van der Waals surface area contributed by atoms with E-state index in [1.807, 2.05) is 0 Å². The third-order valence-electron chi connectivity index (χ3n) is 1.66. The molecule has 2 nitrogen and oxygen atoms in total. The lowest BCUT2D eigenvalue weighted by molar-refractivity contribution is 0.534. The lowest BCUT2D eigenvalue weighted by Gasteiger charge is -2.04. The Morgan fingerprint density at radius 1 is 1.20 bits per heavy atom. The molecule has 2 heteroatoms. The first-order valence-corrected chi connectivity index (χ1v) is 4.17. The van der Waals surface area contributed by atoms with Gasteiger partial charge in [0.15, 0.2) is 0 Å². The minimum atomic E-state index is 0.0879. The fourth-order valence-electron chi connectivity index (χ4n) is 1.02. The molecule has 1 atom stereocenters. The van der Waals surface area contributed by atoms with E-state index >= 15 is 0 Å². The number of rotatable bonds is 6. The maximum Gasteiger partial charge on any atom is 0.0919 e. The average Bonchev–Trinajstić information content (AvgIpc) is 1.98. The van der Waals surface area contributed by atoms with Crippen LogP contribution in [0.4, 0.5) is 0 Å². The molecule has 0 heterocycles. The predicted octanol–water partition coefficient (Wildman–Crippen LogP) is 3.11. The van der Waals surface area contributed by atoms with Crippen molar-refractivity contribution in [1.82, 2.24) is 0 Å². The Bertz CT molecular complexity index is 83.3. The molecule has 0 N–H and O–H groups in total. The second kappa shape index (κ2) is 6.72. The lowest BCUT2D eigenvalue weighted by Crippen LogP contribution is -2.01. The first-order valence-electron chi connectivity index (χ1n) is 4.17. The van der Waals surface area contributed by atoms with Crippen LogP contribution in [0.2, 0.25) is 0 Å². The highest BCUT2D eigenvalue weighted by atomic mass is 16.3. The Kier molecular flexibility index (Phi) is 6.45. The minimum absolute atomic E-state index is 0.0879. The van der Waals surface area contributed by atoms with Crippen molar-refractivity contribution in [3.8, 4) is 0 Å². The van der Waals surface area contributed by atoms with Crippen molar-refractivity contribution in [2.24, 2.45) is 5.18 Å². The van der Waals surface area contributed by atoms with Crippen LogP contribution in [0.25, 0.3) is 0 Å². The highest BCUT2D eigenvalue weighted by molar-refractivity contribution is 4.63. The van der Waals surface area contributed by atoms with E-state index in [-0.39, 0.29) is 6.04 Å². The number of nitrogens with zero attached hydrogens (tertiary/aromatic N) is 1. The van der Waals surface area contributed by atoms with Gasteiger partial charge in [-0.1, -0.05) is 38.3 Å². The zero-order valence-electron chi connectivity index (χ0n) is 6.97. The lowest BCUT2D eigenvalue weighted by atomic mass is 10.1.